The van der Waals surface area contributed by atoms with Crippen molar-refractivity contribution in [3.8, 4) is 17.5 Å². The molecule has 2 aliphatic rings. The summed E-state index contributed by atoms with van der Waals surface area (Å²) in [5.41, 5.74) is 1.71. The van der Waals surface area contributed by atoms with Gasteiger partial charge in [-0.3, -0.25) is 4.57 Å². The van der Waals surface area contributed by atoms with E-state index in [-0.39, 0.29) is 11.8 Å². The second-order valence-corrected chi connectivity index (χ2v) is 8.06. The minimum atomic E-state index is -0.855. The van der Waals surface area contributed by atoms with Crippen LogP contribution in [0.1, 0.15) is 36.0 Å². The first-order valence-electron chi connectivity index (χ1n) is 10.4. The van der Waals surface area contributed by atoms with Crippen LogP contribution in [-0.4, -0.2) is 51.5 Å². The third kappa shape index (κ3) is 3.74. The third-order valence-corrected chi connectivity index (χ3v) is 6.37. The van der Waals surface area contributed by atoms with Crippen LogP contribution in [0.2, 0.25) is 0 Å². The summed E-state index contributed by atoms with van der Waals surface area (Å²) >= 11 is 0. The molecule has 0 saturated carbocycles. The van der Waals surface area contributed by atoms with E-state index < -0.39 is 5.60 Å². The van der Waals surface area contributed by atoms with E-state index in [1.54, 1.807) is 11.7 Å². The van der Waals surface area contributed by atoms with E-state index in [0.717, 1.165) is 48.5 Å². The first kappa shape index (κ1) is 19.9. The number of rotatable bonds is 6. The lowest BCUT2D eigenvalue weighted by Gasteiger charge is -2.39. The van der Waals surface area contributed by atoms with Gasteiger partial charge in [-0.25, -0.2) is 0 Å². The molecule has 156 valence electrons. The van der Waals surface area contributed by atoms with Gasteiger partial charge >= 0.3 is 0 Å². The van der Waals surface area contributed by atoms with Crippen molar-refractivity contribution in [3.05, 3.63) is 53.1 Å². The predicted octanol–water partition coefficient (Wildman–Crippen LogP) is 2.94. The van der Waals surface area contributed by atoms with Crippen molar-refractivity contribution in [3.63, 3.8) is 0 Å². The van der Waals surface area contributed by atoms with Gasteiger partial charge in [0.1, 0.15) is 5.75 Å². The van der Waals surface area contributed by atoms with E-state index in [1.807, 2.05) is 36.4 Å². The van der Waals surface area contributed by atoms with Crippen LogP contribution in [0.4, 0.5) is 0 Å². The van der Waals surface area contributed by atoms with Crippen LogP contribution in [0, 0.1) is 0 Å². The van der Waals surface area contributed by atoms with Crippen LogP contribution in [0.5, 0.6) is 17.5 Å². The molecular weight excluding hydrogens is 368 g/mol. The Morgan fingerprint density at radius 2 is 1.59 bits per heavy atom. The van der Waals surface area contributed by atoms with Gasteiger partial charge < -0.3 is 25.0 Å². The summed E-state index contributed by atoms with van der Waals surface area (Å²) in [6, 6.07) is 7.70. The number of aliphatic hydroxyl groups is 1. The molecule has 1 aromatic heterocycles. The molecule has 0 unspecified atom stereocenters. The molecule has 6 heteroatoms. The number of piperidine rings is 1. The number of allylic oxidation sites excluding steroid dienone is 2. The topological polar surface area (TPSA) is 78.1 Å². The summed E-state index contributed by atoms with van der Waals surface area (Å²) in [5, 5.41) is 32.1. The SMILES string of the molecule is COc1ccccc1C1(O)CCN(CCCn2c(O)c3c(c2O)CC=CC3)CC1. The van der Waals surface area contributed by atoms with Crippen LogP contribution in [0.3, 0.4) is 0 Å². The Kier molecular flexibility index (Phi) is 5.56. The van der Waals surface area contributed by atoms with Crippen molar-refractivity contribution in [2.45, 2.75) is 44.2 Å². The average Bonchev–Trinajstić information content (AvgIpc) is 3.00. The van der Waals surface area contributed by atoms with Gasteiger partial charge in [0, 0.05) is 36.3 Å². The minimum absolute atomic E-state index is 0.200. The molecule has 0 amide bonds. The highest BCUT2D eigenvalue weighted by molar-refractivity contribution is 5.49. The molecule has 4 rings (SSSR count). The van der Waals surface area contributed by atoms with E-state index in [1.165, 1.54) is 0 Å². The van der Waals surface area contributed by atoms with Crippen LogP contribution in [-0.2, 0) is 25.0 Å². The Balaban J connectivity index is 1.33. The molecule has 0 atom stereocenters. The second-order valence-electron chi connectivity index (χ2n) is 8.06. The lowest BCUT2D eigenvalue weighted by Crippen LogP contribution is -2.43. The van der Waals surface area contributed by atoms with Crippen LogP contribution in [0.25, 0.3) is 0 Å². The number of fused-ring (bicyclic) bond motifs is 1. The van der Waals surface area contributed by atoms with Crippen LogP contribution >= 0.6 is 0 Å². The standard InChI is InChI=1S/C23H30N2O4/c1-29-20-10-5-4-9-19(20)23(28)11-15-24(16-12-23)13-6-14-25-21(26)17-7-2-3-8-18(17)22(25)27/h2-5,9-10,26-28H,6-8,11-16H2,1H3. The van der Waals surface area contributed by atoms with Gasteiger partial charge in [0.25, 0.3) is 0 Å². The van der Waals surface area contributed by atoms with Gasteiger partial charge in [-0.15, -0.1) is 0 Å². The fourth-order valence-electron chi connectivity index (χ4n) is 4.64. The van der Waals surface area contributed by atoms with E-state index in [0.29, 0.717) is 32.2 Å². The number of likely N-dealkylation sites (tertiary alicyclic amines) is 1. The fraction of sp³-hybridized carbons (Fsp3) is 0.478. The number of methoxy groups -OCH3 is 1. The van der Waals surface area contributed by atoms with Gasteiger partial charge in [0.05, 0.1) is 12.7 Å². The summed E-state index contributed by atoms with van der Waals surface area (Å²) < 4.78 is 7.06. The summed E-state index contributed by atoms with van der Waals surface area (Å²) in [5.74, 6) is 1.14. The maximum absolute atomic E-state index is 11.2. The molecule has 2 aromatic rings. The monoisotopic (exact) mass is 398 g/mol. The third-order valence-electron chi connectivity index (χ3n) is 6.37. The molecule has 1 aromatic carbocycles. The van der Waals surface area contributed by atoms with Gasteiger partial charge in [0.15, 0.2) is 11.8 Å². The highest BCUT2D eigenvalue weighted by Gasteiger charge is 2.36. The average molecular weight is 399 g/mol. The molecule has 1 fully saturated rings. The molecule has 0 spiro atoms. The molecule has 3 N–H and O–H groups in total. The zero-order valence-corrected chi connectivity index (χ0v) is 17.0. The Labute approximate surface area is 171 Å². The van der Waals surface area contributed by atoms with Gasteiger partial charge in [-0.05, 0) is 44.7 Å². The van der Waals surface area contributed by atoms with Crippen molar-refractivity contribution >= 4 is 0 Å². The van der Waals surface area contributed by atoms with Gasteiger partial charge in [-0.1, -0.05) is 30.4 Å². The zero-order chi connectivity index (χ0) is 20.4. The number of ether oxygens (including phenoxy) is 1. The number of hydrogen-bond acceptors (Lipinski definition) is 5. The van der Waals surface area contributed by atoms with Crippen molar-refractivity contribution in [1.82, 2.24) is 9.47 Å². The van der Waals surface area contributed by atoms with E-state index in [9.17, 15) is 15.3 Å². The number of nitrogens with zero attached hydrogens (tertiary/aromatic N) is 2. The first-order valence-corrected chi connectivity index (χ1v) is 10.4. The quantitative estimate of drug-likeness (QED) is 0.652. The minimum Gasteiger partial charge on any atom is -0.496 e. The summed E-state index contributed by atoms with van der Waals surface area (Å²) in [6.07, 6.45) is 7.56. The van der Waals surface area contributed by atoms with E-state index in [2.05, 4.69) is 4.90 Å². The molecular formula is C23H30N2O4. The normalized spacial score (nSPS) is 18.6. The van der Waals surface area contributed by atoms with Crippen molar-refractivity contribution < 1.29 is 20.1 Å². The summed E-state index contributed by atoms with van der Waals surface area (Å²) in [4.78, 5) is 2.34. The maximum atomic E-state index is 11.2. The second kappa shape index (κ2) is 8.13. The number of hydrogen-bond donors (Lipinski definition) is 3. The number of para-hydroxylation sites is 1. The Morgan fingerprint density at radius 1 is 0.966 bits per heavy atom. The number of aromatic nitrogens is 1. The molecule has 0 bridgehead atoms. The van der Waals surface area contributed by atoms with Crippen molar-refractivity contribution in [2.75, 3.05) is 26.7 Å². The van der Waals surface area contributed by atoms with E-state index >= 15 is 0 Å². The number of aromatic hydroxyl groups is 2. The van der Waals surface area contributed by atoms with Crippen molar-refractivity contribution in [1.29, 1.82) is 0 Å². The molecule has 0 radical (unpaired) electrons. The van der Waals surface area contributed by atoms with Crippen molar-refractivity contribution in [2.24, 2.45) is 0 Å². The molecule has 1 saturated heterocycles. The lowest BCUT2D eigenvalue weighted by atomic mass is 9.84. The predicted molar refractivity (Wildman–Crippen MR) is 111 cm³/mol. The lowest BCUT2D eigenvalue weighted by molar-refractivity contribution is -0.0277. The zero-order valence-electron chi connectivity index (χ0n) is 17.0. The largest absolute Gasteiger partial charge is 0.496 e. The highest BCUT2D eigenvalue weighted by Crippen LogP contribution is 2.39. The Hall–Kier alpha value is -2.44. The summed E-state index contributed by atoms with van der Waals surface area (Å²) in [6.45, 7) is 3.05. The summed E-state index contributed by atoms with van der Waals surface area (Å²) in [7, 11) is 1.64. The van der Waals surface area contributed by atoms with Crippen LogP contribution < -0.4 is 4.74 Å². The molecule has 29 heavy (non-hydrogen) atoms. The molecule has 1 aliphatic heterocycles. The van der Waals surface area contributed by atoms with Gasteiger partial charge in [-0.2, -0.15) is 0 Å². The molecule has 6 nitrogen and oxygen atoms in total. The smallest absolute Gasteiger partial charge is 0.197 e. The Bertz CT molecular complexity index is 863. The Morgan fingerprint density at radius 3 is 2.21 bits per heavy atom. The number of benzene rings is 1. The molecule has 1 aliphatic carbocycles. The fourth-order valence-corrected chi connectivity index (χ4v) is 4.64. The van der Waals surface area contributed by atoms with Crippen LogP contribution in [0.15, 0.2) is 36.4 Å². The van der Waals surface area contributed by atoms with Gasteiger partial charge in [0.2, 0.25) is 0 Å². The maximum Gasteiger partial charge on any atom is 0.197 e. The highest BCUT2D eigenvalue weighted by atomic mass is 16.5. The molecule has 2 heterocycles. The van der Waals surface area contributed by atoms with E-state index in [4.69, 9.17) is 4.74 Å². The first-order chi connectivity index (χ1) is 14.0.